The highest BCUT2D eigenvalue weighted by atomic mass is 16.3. The summed E-state index contributed by atoms with van der Waals surface area (Å²) in [4.78, 5) is 20.3. The van der Waals surface area contributed by atoms with E-state index in [-0.39, 0.29) is 18.6 Å². The van der Waals surface area contributed by atoms with Gasteiger partial charge in [-0.05, 0) is 18.6 Å². The van der Waals surface area contributed by atoms with Gasteiger partial charge in [-0.2, -0.15) is 0 Å². The second-order valence-electron chi connectivity index (χ2n) is 4.81. The molecule has 1 fully saturated rings. The molecule has 0 aliphatic carbocycles. The number of aromatic nitrogens is 1. The molecule has 19 heavy (non-hydrogen) atoms. The molecule has 1 aliphatic heterocycles. The van der Waals surface area contributed by atoms with E-state index < -0.39 is 0 Å². The van der Waals surface area contributed by atoms with Gasteiger partial charge in [-0.25, -0.2) is 0 Å². The smallest absolute Gasteiger partial charge is 0.255 e. The first kappa shape index (κ1) is 14.0. The molecule has 2 heterocycles. The summed E-state index contributed by atoms with van der Waals surface area (Å²) in [6.45, 7) is 5.34. The van der Waals surface area contributed by atoms with Gasteiger partial charge < -0.3 is 10.0 Å². The van der Waals surface area contributed by atoms with E-state index in [0.29, 0.717) is 18.7 Å². The van der Waals surface area contributed by atoms with Crippen molar-refractivity contribution >= 4 is 5.91 Å². The Balaban J connectivity index is 1.91. The topological polar surface area (TPSA) is 56.7 Å². The van der Waals surface area contributed by atoms with Gasteiger partial charge in [0.2, 0.25) is 0 Å². The molecule has 1 atom stereocenters. The molecule has 0 spiro atoms. The van der Waals surface area contributed by atoms with Crippen molar-refractivity contribution in [3.63, 3.8) is 0 Å². The standard InChI is InChI=1S/C14H21N3O2/c1-2-13(11-18)16-6-8-17(9-7-16)14(19)12-4-3-5-15-10-12/h3-5,10,13,18H,2,6-9,11H2,1H3. The van der Waals surface area contributed by atoms with E-state index in [0.717, 1.165) is 19.5 Å². The van der Waals surface area contributed by atoms with Crippen molar-refractivity contribution in [2.75, 3.05) is 32.8 Å². The van der Waals surface area contributed by atoms with Crippen molar-refractivity contribution in [3.8, 4) is 0 Å². The van der Waals surface area contributed by atoms with Crippen LogP contribution in [0.25, 0.3) is 0 Å². The van der Waals surface area contributed by atoms with Gasteiger partial charge in [-0.3, -0.25) is 14.7 Å². The lowest BCUT2D eigenvalue weighted by Gasteiger charge is -2.38. The van der Waals surface area contributed by atoms with Gasteiger partial charge >= 0.3 is 0 Å². The van der Waals surface area contributed by atoms with E-state index in [2.05, 4.69) is 16.8 Å². The zero-order valence-electron chi connectivity index (χ0n) is 11.3. The number of carbonyl (C=O) groups excluding carboxylic acids is 1. The Kier molecular flexibility index (Phi) is 4.87. The van der Waals surface area contributed by atoms with Crippen molar-refractivity contribution in [1.82, 2.24) is 14.8 Å². The third-order valence-corrected chi connectivity index (χ3v) is 3.71. The molecule has 1 N–H and O–H groups in total. The summed E-state index contributed by atoms with van der Waals surface area (Å²) >= 11 is 0. The Morgan fingerprint density at radius 1 is 1.42 bits per heavy atom. The fraction of sp³-hybridized carbons (Fsp3) is 0.571. The number of hydrogen-bond acceptors (Lipinski definition) is 4. The average Bonchev–Trinajstić information content (AvgIpc) is 2.49. The molecular weight excluding hydrogens is 242 g/mol. The number of piperazine rings is 1. The van der Waals surface area contributed by atoms with Crippen LogP contribution in [0.1, 0.15) is 23.7 Å². The summed E-state index contributed by atoms with van der Waals surface area (Å²) < 4.78 is 0. The highest BCUT2D eigenvalue weighted by Crippen LogP contribution is 2.11. The van der Waals surface area contributed by atoms with Crippen LogP contribution in [0.2, 0.25) is 0 Å². The van der Waals surface area contributed by atoms with Crippen LogP contribution in [0.15, 0.2) is 24.5 Å². The normalized spacial score (nSPS) is 18.3. The largest absolute Gasteiger partial charge is 0.395 e. The van der Waals surface area contributed by atoms with Crippen LogP contribution in [0.4, 0.5) is 0 Å². The van der Waals surface area contributed by atoms with Crippen LogP contribution in [0.5, 0.6) is 0 Å². The fourth-order valence-corrected chi connectivity index (χ4v) is 2.46. The zero-order valence-corrected chi connectivity index (χ0v) is 11.3. The molecule has 1 aliphatic rings. The second-order valence-corrected chi connectivity index (χ2v) is 4.81. The molecule has 5 nitrogen and oxygen atoms in total. The Morgan fingerprint density at radius 2 is 2.16 bits per heavy atom. The molecule has 1 amide bonds. The zero-order chi connectivity index (χ0) is 13.7. The van der Waals surface area contributed by atoms with Crippen LogP contribution >= 0.6 is 0 Å². The molecule has 2 rings (SSSR count). The van der Waals surface area contributed by atoms with Crippen LogP contribution in [-0.2, 0) is 0 Å². The minimum absolute atomic E-state index is 0.0461. The number of pyridine rings is 1. The minimum Gasteiger partial charge on any atom is -0.395 e. The van der Waals surface area contributed by atoms with Gasteiger partial charge in [0.1, 0.15) is 0 Å². The molecule has 1 saturated heterocycles. The summed E-state index contributed by atoms with van der Waals surface area (Å²) in [6.07, 6.45) is 4.21. The number of carbonyl (C=O) groups is 1. The van der Waals surface area contributed by atoms with E-state index in [4.69, 9.17) is 0 Å². The lowest BCUT2D eigenvalue weighted by Crippen LogP contribution is -2.52. The fourth-order valence-electron chi connectivity index (χ4n) is 2.46. The van der Waals surface area contributed by atoms with E-state index in [1.54, 1.807) is 24.5 Å². The van der Waals surface area contributed by atoms with E-state index in [1.807, 2.05) is 4.90 Å². The van der Waals surface area contributed by atoms with Gasteiger partial charge in [0.05, 0.1) is 12.2 Å². The van der Waals surface area contributed by atoms with E-state index >= 15 is 0 Å². The molecule has 0 radical (unpaired) electrons. The Morgan fingerprint density at radius 3 is 2.68 bits per heavy atom. The predicted octanol–water partition coefficient (Wildman–Crippen LogP) is 0.610. The molecule has 0 aromatic carbocycles. The molecule has 104 valence electrons. The first-order chi connectivity index (χ1) is 9.26. The summed E-state index contributed by atoms with van der Waals surface area (Å²) in [5, 5.41) is 9.30. The van der Waals surface area contributed by atoms with Crippen LogP contribution in [0.3, 0.4) is 0 Å². The quantitative estimate of drug-likeness (QED) is 0.865. The lowest BCUT2D eigenvalue weighted by molar-refractivity contribution is 0.0472. The van der Waals surface area contributed by atoms with Gasteiger partial charge in [0.15, 0.2) is 0 Å². The number of rotatable bonds is 4. The molecule has 1 aromatic rings. The number of aliphatic hydroxyl groups is 1. The van der Waals surface area contributed by atoms with Crippen molar-refractivity contribution in [2.45, 2.75) is 19.4 Å². The SMILES string of the molecule is CCC(CO)N1CCN(C(=O)c2cccnc2)CC1. The van der Waals surface area contributed by atoms with Gasteiger partial charge in [0, 0.05) is 44.6 Å². The van der Waals surface area contributed by atoms with E-state index in [9.17, 15) is 9.90 Å². The summed E-state index contributed by atoms with van der Waals surface area (Å²) in [5.74, 6) is 0.0461. The molecule has 0 saturated carbocycles. The van der Waals surface area contributed by atoms with Crippen LogP contribution in [0, 0.1) is 0 Å². The van der Waals surface area contributed by atoms with Crippen molar-refractivity contribution in [2.24, 2.45) is 0 Å². The maximum Gasteiger partial charge on any atom is 0.255 e. The monoisotopic (exact) mass is 263 g/mol. The van der Waals surface area contributed by atoms with Gasteiger partial charge in [0.25, 0.3) is 5.91 Å². The highest BCUT2D eigenvalue weighted by molar-refractivity contribution is 5.93. The van der Waals surface area contributed by atoms with E-state index in [1.165, 1.54) is 0 Å². The third-order valence-electron chi connectivity index (χ3n) is 3.71. The maximum atomic E-state index is 12.2. The minimum atomic E-state index is 0.0461. The highest BCUT2D eigenvalue weighted by Gasteiger charge is 2.25. The third kappa shape index (κ3) is 3.30. The number of aliphatic hydroxyl groups excluding tert-OH is 1. The Labute approximate surface area is 113 Å². The second kappa shape index (κ2) is 6.63. The Bertz CT molecular complexity index is 398. The molecule has 1 unspecified atom stereocenters. The van der Waals surface area contributed by atoms with Crippen LogP contribution in [-0.4, -0.2) is 64.6 Å². The van der Waals surface area contributed by atoms with Crippen molar-refractivity contribution in [1.29, 1.82) is 0 Å². The molecule has 1 aromatic heterocycles. The van der Waals surface area contributed by atoms with Gasteiger partial charge in [-0.1, -0.05) is 6.92 Å². The first-order valence-electron chi connectivity index (χ1n) is 6.80. The van der Waals surface area contributed by atoms with Crippen molar-refractivity contribution < 1.29 is 9.90 Å². The first-order valence-corrected chi connectivity index (χ1v) is 6.80. The number of hydrogen-bond donors (Lipinski definition) is 1. The van der Waals surface area contributed by atoms with Gasteiger partial charge in [-0.15, -0.1) is 0 Å². The molecular formula is C14H21N3O2. The summed E-state index contributed by atoms with van der Waals surface area (Å²) in [5.41, 5.74) is 0.644. The lowest BCUT2D eigenvalue weighted by atomic mass is 10.1. The number of nitrogens with zero attached hydrogens (tertiary/aromatic N) is 3. The summed E-state index contributed by atoms with van der Waals surface area (Å²) in [7, 11) is 0. The summed E-state index contributed by atoms with van der Waals surface area (Å²) in [6, 6.07) is 3.79. The van der Waals surface area contributed by atoms with Crippen molar-refractivity contribution in [3.05, 3.63) is 30.1 Å². The Hall–Kier alpha value is -1.46. The maximum absolute atomic E-state index is 12.2. The average molecular weight is 263 g/mol. The predicted molar refractivity (Wildman–Crippen MR) is 72.9 cm³/mol. The number of amides is 1. The van der Waals surface area contributed by atoms with Crippen LogP contribution < -0.4 is 0 Å². The molecule has 0 bridgehead atoms. The molecule has 5 heteroatoms.